The van der Waals surface area contributed by atoms with Gasteiger partial charge < -0.3 is 5.32 Å². The zero-order valence-electron chi connectivity index (χ0n) is 9.32. The first kappa shape index (κ1) is 10.6. The maximum atomic E-state index is 4.08. The summed E-state index contributed by atoms with van der Waals surface area (Å²) >= 11 is 0. The molecule has 3 heteroatoms. The zero-order chi connectivity index (χ0) is 10.5. The van der Waals surface area contributed by atoms with Gasteiger partial charge in [0.25, 0.3) is 0 Å². The Kier molecular flexibility index (Phi) is 3.69. The van der Waals surface area contributed by atoms with Crippen LogP contribution in [0.1, 0.15) is 24.9 Å². The maximum absolute atomic E-state index is 4.08. The Balaban J connectivity index is 2.16. The third-order valence-corrected chi connectivity index (χ3v) is 3.07. The first-order valence-corrected chi connectivity index (χ1v) is 5.76. The molecule has 0 aliphatic carbocycles. The number of aromatic nitrogens is 1. The molecule has 1 N–H and O–H groups in total. The molecule has 3 nitrogen and oxygen atoms in total. The first-order chi connectivity index (χ1) is 7.42. The number of nitrogens with one attached hydrogen (secondary N) is 1. The Hall–Kier alpha value is -0.930. The highest BCUT2D eigenvalue weighted by Gasteiger charge is 2.20. The molecule has 15 heavy (non-hydrogen) atoms. The molecule has 0 amide bonds. The van der Waals surface area contributed by atoms with Gasteiger partial charge in [0.05, 0.1) is 0 Å². The summed E-state index contributed by atoms with van der Waals surface area (Å²) in [6, 6.07) is 4.76. The molecule has 0 radical (unpaired) electrons. The fourth-order valence-electron chi connectivity index (χ4n) is 2.22. The van der Waals surface area contributed by atoms with E-state index in [1.807, 2.05) is 12.4 Å². The second-order valence-corrected chi connectivity index (χ2v) is 3.98. The summed E-state index contributed by atoms with van der Waals surface area (Å²) in [4.78, 5) is 6.61. The Morgan fingerprint density at radius 3 is 3.00 bits per heavy atom. The van der Waals surface area contributed by atoms with Crippen LogP contribution < -0.4 is 5.32 Å². The highest BCUT2D eigenvalue weighted by atomic mass is 15.2. The van der Waals surface area contributed by atoms with E-state index in [2.05, 4.69) is 34.3 Å². The Morgan fingerprint density at radius 2 is 2.27 bits per heavy atom. The van der Waals surface area contributed by atoms with Crippen molar-refractivity contribution in [2.24, 2.45) is 0 Å². The number of nitrogens with zero attached hydrogens (tertiary/aromatic N) is 2. The minimum Gasteiger partial charge on any atom is -0.315 e. The summed E-state index contributed by atoms with van der Waals surface area (Å²) in [6.45, 7) is 6.74. The van der Waals surface area contributed by atoms with Gasteiger partial charge in [-0.2, -0.15) is 0 Å². The number of rotatable bonds is 2. The molecule has 1 aromatic heterocycles. The molecule has 0 aromatic carbocycles. The van der Waals surface area contributed by atoms with Crippen molar-refractivity contribution in [3.05, 3.63) is 30.1 Å². The number of hydrogen-bond donors (Lipinski definition) is 1. The van der Waals surface area contributed by atoms with Gasteiger partial charge in [-0.25, -0.2) is 0 Å². The van der Waals surface area contributed by atoms with Crippen LogP contribution in [-0.2, 0) is 0 Å². The van der Waals surface area contributed by atoms with Gasteiger partial charge in [0, 0.05) is 25.0 Å². The summed E-state index contributed by atoms with van der Waals surface area (Å²) in [5, 5.41) is 3.50. The highest BCUT2D eigenvalue weighted by Crippen LogP contribution is 2.20. The van der Waals surface area contributed by atoms with Crippen molar-refractivity contribution < 1.29 is 0 Å². The minimum absolute atomic E-state index is 0.514. The zero-order valence-corrected chi connectivity index (χ0v) is 9.32. The van der Waals surface area contributed by atoms with Crippen molar-refractivity contribution in [1.82, 2.24) is 15.2 Å². The van der Waals surface area contributed by atoms with Crippen molar-refractivity contribution in [3.8, 4) is 0 Å². The van der Waals surface area contributed by atoms with E-state index in [1.54, 1.807) is 0 Å². The fourth-order valence-corrected chi connectivity index (χ4v) is 2.22. The van der Waals surface area contributed by atoms with Gasteiger partial charge >= 0.3 is 0 Å². The Morgan fingerprint density at radius 1 is 1.47 bits per heavy atom. The molecule has 1 aliphatic heterocycles. The molecule has 1 aliphatic rings. The molecule has 2 rings (SSSR count). The molecular formula is C12H19N3. The third-order valence-electron chi connectivity index (χ3n) is 3.07. The molecule has 2 heterocycles. The molecular weight excluding hydrogens is 186 g/mol. The molecule has 0 spiro atoms. The molecule has 82 valence electrons. The van der Waals surface area contributed by atoms with Gasteiger partial charge in [-0.15, -0.1) is 0 Å². The molecule has 1 unspecified atom stereocenters. The quantitative estimate of drug-likeness (QED) is 0.792. The van der Waals surface area contributed by atoms with Gasteiger partial charge in [-0.05, 0) is 43.8 Å². The van der Waals surface area contributed by atoms with Crippen molar-refractivity contribution >= 4 is 0 Å². The minimum atomic E-state index is 0.514. The van der Waals surface area contributed by atoms with Crippen LogP contribution in [0.4, 0.5) is 0 Å². The number of pyridine rings is 1. The predicted octanol–water partition coefficient (Wildman–Crippen LogP) is 1.44. The van der Waals surface area contributed by atoms with Gasteiger partial charge in [-0.1, -0.05) is 6.92 Å². The van der Waals surface area contributed by atoms with Crippen molar-refractivity contribution in [2.75, 3.05) is 26.2 Å². The lowest BCUT2D eigenvalue weighted by molar-refractivity contribution is 0.222. The van der Waals surface area contributed by atoms with Gasteiger partial charge in [0.2, 0.25) is 0 Å². The second kappa shape index (κ2) is 5.24. The molecule has 1 fully saturated rings. The fraction of sp³-hybridized carbons (Fsp3) is 0.583. The normalized spacial score (nSPS) is 23.7. The van der Waals surface area contributed by atoms with Crippen molar-refractivity contribution in [1.29, 1.82) is 0 Å². The van der Waals surface area contributed by atoms with Crippen LogP contribution in [-0.4, -0.2) is 36.1 Å². The highest BCUT2D eigenvalue weighted by molar-refractivity contribution is 5.16. The van der Waals surface area contributed by atoms with E-state index in [4.69, 9.17) is 0 Å². The van der Waals surface area contributed by atoms with E-state index in [0.717, 1.165) is 19.6 Å². The van der Waals surface area contributed by atoms with Gasteiger partial charge in [0.1, 0.15) is 0 Å². The van der Waals surface area contributed by atoms with Crippen LogP contribution in [0.15, 0.2) is 24.5 Å². The molecule has 1 atom stereocenters. The van der Waals surface area contributed by atoms with Crippen LogP contribution in [0.3, 0.4) is 0 Å². The standard InChI is InChI=1S/C12H19N3/c1-2-15-9-3-6-14-10-12(15)11-4-7-13-8-5-11/h4-5,7-8,12,14H,2-3,6,9-10H2,1H3. The number of likely N-dealkylation sites (N-methyl/N-ethyl adjacent to an activating group) is 1. The van der Waals surface area contributed by atoms with Crippen LogP contribution in [0.5, 0.6) is 0 Å². The van der Waals surface area contributed by atoms with Gasteiger partial charge in [0.15, 0.2) is 0 Å². The third kappa shape index (κ3) is 2.55. The van der Waals surface area contributed by atoms with E-state index >= 15 is 0 Å². The summed E-state index contributed by atoms with van der Waals surface area (Å²) in [5.41, 5.74) is 1.38. The topological polar surface area (TPSA) is 28.2 Å². The average molecular weight is 205 g/mol. The first-order valence-electron chi connectivity index (χ1n) is 5.76. The second-order valence-electron chi connectivity index (χ2n) is 3.98. The van der Waals surface area contributed by atoms with E-state index in [-0.39, 0.29) is 0 Å². The summed E-state index contributed by atoms with van der Waals surface area (Å²) in [6.07, 6.45) is 5.01. The molecule has 1 saturated heterocycles. The van der Waals surface area contributed by atoms with E-state index in [0.29, 0.717) is 6.04 Å². The molecule has 0 saturated carbocycles. The molecule has 0 bridgehead atoms. The van der Waals surface area contributed by atoms with Crippen molar-refractivity contribution in [3.63, 3.8) is 0 Å². The molecule has 1 aromatic rings. The number of hydrogen-bond acceptors (Lipinski definition) is 3. The van der Waals surface area contributed by atoms with E-state index < -0.39 is 0 Å². The van der Waals surface area contributed by atoms with Crippen LogP contribution >= 0.6 is 0 Å². The lowest BCUT2D eigenvalue weighted by Gasteiger charge is -2.28. The average Bonchev–Trinajstić information content (AvgIpc) is 2.55. The Labute approximate surface area is 91.5 Å². The van der Waals surface area contributed by atoms with E-state index in [1.165, 1.54) is 18.5 Å². The smallest absolute Gasteiger partial charge is 0.0473 e. The SMILES string of the molecule is CCN1CCCNCC1c1ccncc1. The summed E-state index contributed by atoms with van der Waals surface area (Å²) < 4.78 is 0. The maximum Gasteiger partial charge on any atom is 0.0473 e. The van der Waals surface area contributed by atoms with Crippen molar-refractivity contribution in [2.45, 2.75) is 19.4 Å². The predicted molar refractivity (Wildman–Crippen MR) is 61.7 cm³/mol. The summed E-state index contributed by atoms with van der Waals surface area (Å²) in [5.74, 6) is 0. The van der Waals surface area contributed by atoms with Gasteiger partial charge in [-0.3, -0.25) is 9.88 Å². The largest absolute Gasteiger partial charge is 0.315 e. The lowest BCUT2D eigenvalue weighted by atomic mass is 10.1. The van der Waals surface area contributed by atoms with Crippen LogP contribution in [0.25, 0.3) is 0 Å². The van der Waals surface area contributed by atoms with Crippen LogP contribution in [0, 0.1) is 0 Å². The Bertz CT molecular complexity index is 286. The van der Waals surface area contributed by atoms with E-state index in [9.17, 15) is 0 Å². The monoisotopic (exact) mass is 205 g/mol. The summed E-state index contributed by atoms with van der Waals surface area (Å²) in [7, 11) is 0. The lowest BCUT2D eigenvalue weighted by Crippen LogP contribution is -2.32. The van der Waals surface area contributed by atoms with Crippen LogP contribution in [0.2, 0.25) is 0 Å².